The summed E-state index contributed by atoms with van der Waals surface area (Å²) in [4.78, 5) is 10.5. The molecule has 0 heterocycles. The van der Waals surface area contributed by atoms with E-state index in [0.29, 0.717) is 12.8 Å². The van der Waals surface area contributed by atoms with Gasteiger partial charge in [0.05, 0.1) is 12.9 Å². The fraction of sp³-hybridized carbons (Fsp3) is 0.833. The van der Waals surface area contributed by atoms with E-state index in [-0.39, 0.29) is 18.1 Å². The fourth-order valence-electron chi connectivity index (χ4n) is 0.646. The number of hydrogen-bond acceptors (Lipinski definition) is 4. The molecule has 0 aliphatic carbocycles. The van der Waals surface area contributed by atoms with Crippen LogP contribution in [0.5, 0.6) is 0 Å². The fourth-order valence-corrected chi connectivity index (χ4v) is 1.52. The molecule has 6 heteroatoms. The lowest BCUT2D eigenvalue weighted by Crippen LogP contribution is -2.02. The van der Waals surface area contributed by atoms with Crippen LogP contribution in [0.2, 0.25) is 0 Å². The zero-order valence-corrected chi connectivity index (χ0v) is 8.32. The Hall–Kier alpha value is -0.290. The van der Waals surface area contributed by atoms with Crippen LogP contribution in [0.25, 0.3) is 0 Å². The van der Waals surface area contributed by atoms with Gasteiger partial charge in [0.15, 0.2) is 0 Å². The first-order chi connectivity index (χ1) is 5.45. The molecule has 0 aromatic carbocycles. The summed E-state index contributed by atoms with van der Waals surface area (Å²) in [6.07, 6.45) is 1.11. The van der Waals surface area contributed by atoms with Crippen molar-refractivity contribution in [2.75, 3.05) is 12.9 Å². The third kappa shape index (κ3) is 7.81. The summed E-state index contributed by atoms with van der Waals surface area (Å²) in [5.41, 5.74) is 0. The number of ether oxygens (including phenoxy) is 1. The number of carbonyl (C=O) groups excluding carboxylic acids is 1. The van der Waals surface area contributed by atoms with Crippen molar-refractivity contribution in [3.8, 4) is 0 Å². The van der Waals surface area contributed by atoms with E-state index in [9.17, 15) is 13.2 Å². The first kappa shape index (κ1) is 11.7. The summed E-state index contributed by atoms with van der Waals surface area (Å²) in [6.45, 7) is 0. The molecule has 0 atom stereocenters. The van der Waals surface area contributed by atoms with Crippen molar-refractivity contribution < 1.29 is 17.9 Å². The maximum absolute atomic E-state index is 10.5. The van der Waals surface area contributed by atoms with Gasteiger partial charge < -0.3 is 4.74 Å². The largest absolute Gasteiger partial charge is 0.469 e. The first-order valence-electron chi connectivity index (χ1n) is 3.45. The van der Waals surface area contributed by atoms with Crippen molar-refractivity contribution >= 4 is 25.7 Å². The molecule has 0 unspecified atom stereocenters. The number of esters is 1. The van der Waals surface area contributed by atoms with Gasteiger partial charge in [0, 0.05) is 17.1 Å². The number of unbranched alkanes of at least 4 members (excludes halogenated alkanes) is 1. The highest BCUT2D eigenvalue weighted by Crippen LogP contribution is 2.03. The van der Waals surface area contributed by atoms with Crippen LogP contribution >= 0.6 is 10.7 Å². The quantitative estimate of drug-likeness (QED) is 0.388. The zero-order valence-electron chi connectivity index (χ0n) is 6.75. The Morgan fingerprint density at radius 3 is 2.42 bits per heavy atom. The molecule has 4 nitrogen and oxygen atoms in total. The molecule has 0 amide bonds. The molecule has 0 saturated carbocycles. The second kappa shape index (κ2) is 5.37. The van der Waals surface area contributed by atoms with Gasteiger partial charge in [0.2, 0.25) is 9.05 Å². The second-order valence-electron chi connectivity index (χ2n) is 2.28. The molecule has 0 aliphatic rings. The van der Waals surface area contributed by atoms with E-state index in [1.54, 1.807) is 0 Å². The van der Waals surface area contributed by atoms with Crippen LogP contribution < -0.4 is 0 Å². The summed E-state index contributed by atoms with van der Waals surface area (Å²) in [5, 5.41) is 0. The van der Waals surface area contributed by atoms with Gasteiger partial charge in [-0.1, -0.05) is 0 Å². The van der Waals surface area contributed by atoms with Crippen molar-refractivity contribution in [2.45, 2.75) is 19.3 Å². The lowest BCUT2D eigenvalue weighted by Gasteiger charge is -1.97. The highest BCUT2D eigenvalue weighted by Gasteiger charge is 2.05. The molecule has 0 spiro atoms. The summed E-state index contributed by atoms with van der Waals surface area (Å²) in [5.74, 6) is -0.423. The molecule has 12 heavy (non-hydrogen) atoms. The summed E-state index contributed by atoms with van der Waals surface area (Å²) >= 11 is 0. The molecule has 0 rings (SSSR count). The van der Waals surface area contributed by atoms with E-state index in [1.165, 1.54) is 7.11 Å². The molecule has 0 saturated heterocycles. The molecule has 0 aromatic rings. The monoisotopic (exact) mass is 214 g/mol. The number of rotatable bonds is 5. The van der Waals surface area contributed by atoms with Crippen LogP contribution in [0.3, 0.4) is 0 Å². The standard InChI is InChI=1S/C6H11ClO4S/c1-11-6(8)4-2-3-5-12(7,9)10/h2-5H2,1H3. The molecule has 0 aromatic heterocycles. The summed E-state index contributed by atoms with van der Waals surface area (Å²) in [7, 11) is 2.82. The van der Waals surface area contributed by atoms with E-state index < -0.39 is 9.05 Å². The molecule has 72 valence electrons. The molecule has 0 radical (unpaired) electrons. The van der Waals surface area contributed by atoms with Crippen LogP contribution in [0.15, 0.2) is 0 Å². The molecular weight excluding hydrogens is 204 g/mol. The van der Waals surface area contributed by atoms with Gasteiger partial charge in [-0.25, -0.2) is 8.42 Å². The van der Waals surface area contributed by atoms with Gasteiger partial charge >= 0.3 is 5.97 Å². The van der Waals surface area contributed by atoms with Crippen molar-refractivity contribution in [1.82, 2.24) is 0 Å². The maximum atomic E-state index is 10.5. The minimum Gasteiger partial charge on any atom is -0.469 e. The molecular formula is C6H11ClO4S. The van der Waals surface area contributed by atoms with Crippen LogP contribution in [-0.2, 0) is 18.6 Å². The Morgan fingerprint density at radius 2 is 2.00 bits per heavy atom. The van der Waals surface area contributed by atoms with Gasteiger partial charge in [0.25, 0.3) is 0 Å². The van der Waals surface area contributed by atoms with Gasteiger partial charge in [-0.3, -0.25) is 4.79 Å². The first-order valence-corrected chi connectivity index (χ1v) is 5.92. The maximum Gasteiger partial charge on any atom is 0.305 e. The van der Waals surface area contributed by atoms with E-state index >= 15 is 0 Å². The van der Waals surface area contributed by atoms with Crippen molar-refractivity contribution in [1.29, 1.82) is 0 Å². The normalized spacial score (nSPS) is 11.2. The Bertz CT molecular complexity index is 234. The van der Waals surface area contributed by atoms with Crippen molar-refractivity contribution in [3.63, 3.8) is 0 Å². The van der Waals surface area contributed by atoms with Crippen LogP contribution in [0.4, 0.5) is 0 Å². The van der Waals surface area contributed by atoms with E-state index in [0.717, 1.165) is 0 Å². The molecule has 0 bridgehead atoms. The van der Waals surface area contributed by atoms with Crippen molar-refractivity contribution in [3.05, 3.63) is 0 Å². The number of hydrogen-bond donors (Lipinski definition) is 0. The Labute approximate surface area is 76.3 Å². The SMILES string of the molecule is COC(=O)CCCCS(=O)(=O)Cl. The number of carbonyl (C=O) groups is 1. The minimum atomic E-state index is -3.41. The predicted molar refractivity (Wildman–Crippen MR) is 45.5 cm³/mol. The van der Waals surface area contributed by atoms with E-state index in [2.05, 4.69) is 4.74 Å². The zero-order chi connectivity index (χ0) is 9.61. The Kier molecular flexibility index (Phi) is 5.24. The number of methoxy groups -OCH3 is 1. The van der Waals surface area contributed by atoms with Gasteiger partial charge in [-0.15, -0.1) is 0 Å². The third-order valence-electron chi connectivity index (χ3n) is 1.25. The van der Waals surface area contributed by atoms with Crippen molar-refractivity contribution in [2.24, 2.45) is 0 Å². The minimum absolute atomic E-state index is 0.0917. The topological polar surface area (TPSA) is 60.4 Å². The predicted octanol–water partition coefficient (Wildman–Crippen LogP) is 0.898. The molecule has 0 N–H and O–H groups in total. The van der Waals surface area contributed by atoms with Crippen LogP contribution in [0.1, 0.15) is 19.3 Å². The smallest absolute Gasteiger partial charge is 0.305 e. The van der Waals surface area contributed by atoms with E-state index in [1.807, 2.05) is 0 Å². The lowest BCUT2D eigenvalue weighted by atomic mass is 10.2. The van der Waals surface area contributed by atoms with Crippen LogP contribution in [-0.4, -0.2) is 27.2 Å². The van der Waals surface area contributed by atoms with Gasteiger partial charge in [0.1, 0.15) is 0 Å². The van der Waals surface area contributed by atoms with Crippen LogP contribution in [0, 0.1) is 0 Å². The third-order valence-corrected chi connectivity index (χ3v) is 2.49. The molecule has 0 fully saturated rings. The Balaban J connectivity index is 3.40. The van der Waals surface area contributed by atoms with Gasteiger partial charge in [-0.05, 0) is 12.8 Å². The highest BCUT2D eigenvalue weighted by molar-refractivity contribution is 8.13. The lowest BCUT2D eigenvalue weighted by molar-refractivity contribution is -0.140. The second-order valence-corrected chi connectivity index (χ2v) is 5.17. The summed E-state index contributed by atoms with van der Waals surface area (Å²) < 4.78 is 25.2. The van der Waals surface area contributed by atoms with Gasteiger partial charge in [-0.2, -0.15) is 0 Å². The highest BCUT2D eigenvalue weighted by atomic mass is 35.7. The average molecular weight is 215 g/mol. The summed E-state index contributed by atoms with van der Waals surface area (Å²) in [6, 6.07) is 0. The number of halogens is 1. The Morgan fingerprint density at radius 1 is 1.42 bits per heavy atom. The molecule has 0 aliphatic heterocycles. The average Bonchev–Trinajstić information content (AvgIpc) is 1.96. The van der Waals surface area contributed by atoms with E-state index in [4.69, 9.17) is 10.7 Å².